The highest BCUT2D eigenvalue weighted by Gasteiger charge is 2.40. The van der Waals surface area contributed by atoms with Crippen LogP contribution in [0.1, 0.15) is 55.5 Å². The Labute approximate surface area is 440 Å². The number of benzene rings is 10. The molecule has 0 N–H and O–H groups in total. The summed E-state index contributed by atoms with van der Waals surface area (Å²) in [7, 11) is 0. The molecule has 76 heavy (non-hydrogen) atoms. The summed E-state index contributed by atoms with van der Waals surface area (Å²) in [6.07, 6.45) is 0. The van der Waals surface area contributed by atoms with Gasteiger partial charge in [0.15, 0.2) is 17.5 Å². The van der Waals surface area contributed by atoms with Gasteiger partial charge in [0.2, 0.25) is 0 Å². The smallest absolute Gasteiger partial charge is 0.164 e. The van der Waals surface area contributed by atoms with Gasteiger partial charge in [-0.05, 0) is 93.0 Å². The van der Waals surface area contributed by atoms with E-state index < -0.39 is 0 Å². The fraction of sp³-hybridized carbons (Fsp3) is 0.0857. The van der Waals surface area contributed by atoms with Gasteiger partial charge in [-0.1, -0.05) is 198 Å². The van der Waals surface area contributed by atoms with Crippen LogP contribution < -0.4 is 0 Å². The van der Waals surface area contributed by atoms with E-state index in [0.29, 0.717) is 23.0 Å². The highest BCUT2D eigenvalue weighted by Crippen LogP contribution is 2.56. The number of nitriles is 1. The minimum Gasteiger partial charge on any atom is -0.309 e. The van der Waals surface area contributed by atoms with Crippen molar-refractivity contribution < 1.29 is 0 Å². The predicted molar refractivity (Wildman–Crippen MR) is 310 cm³/mol. The summed E-state index contributed by atoms with van der Waals surface area (Å²) in [5, 5.41) is 15.7. The van der Waals surface area contributed by atoms with Crippen LogP contribution in [0.25, 0.3) is 123 Å². The Morgan fingerprint density at radius 3 is 1.33 bits per heavy atom. The molecule has 0 aliphatic heterocycles. The van der Waals surface area contributed by atoms with Crippen LogP contribution >= 0.6 is 0 Å². The molecule has 0 saturated carbocycles. The number of fused-ring (bicyclic) bond motifs is 14. The van der Waals surface area contributed by atoms with Crippen molar-refractivity contribution in [2.24, 2.45) is 0 Å². The summed E-state index contributed by atoms with van der Waals surface area (Å²) in [4.78, 5) is 15.6. The number of aromatic nitrogens is 5. The van der Waals surface area contributed by atoms with Crippen LogP contribution in [-0.2, 0) is 10.8 Å². The van der Waals surface area contributed by atoms with Crippen molar-refractivity contribution >= 4 is 43.6 Å². The molecule has 358 valence electrons. The van der Waals surface area contributed by atoms with Crippen molar-refractivity contribution in [2.75, 3.05) is 0 Å². The highest BCUT2D eigenvalue weighted by molar-refractivity contribution is 6.16. The van der Waals surface area contributed by atoms with Gasteiger partial charge in [-0.3, -0.25) is 0 Å². The van der Waals surface area contributed by atoms with Crippen molar-refractivity contribution in [3.05, 3.63) is 246 Å². The Morgan fingerprint density at radius 1 is 0.355 bits per heavy atom. The lowest BCUT2D eigenvalue weighted by Crippen LogP contribution is -2.15. The highest BCUT2D eigenvalue weighted by atomic mass is 15.0. The molecule has 0 bridgehead atoms. The Morgan fingerprint density at radius 2 is 0.803 bits per heavy atom. The minimum atomic E-state index is -0.265. The molecule has 0 saturated heterocycles. The van der Waals surface area contributed by atoms with Crippen molar-refractivity contribution in [1.82, 2.24) is 24.1 Å². The zero-order valence-corrected chi connectivity index (χ0v) is 42.5. The maximum Gasteiger partial charge on any atom is 0.164 e. The molecular weight excluding hydrogens is 925 g/mol. The van der Waals surface area contributed by atoms with Crippen LogP contribution in [0.15, 0.2) is 218 Å². The maximum atomic E-state index is 10.8. The number of para-hydroxylation sites is 2. The normalized spacial score (nSPS) is 13.7. The minimum absolute atomic E-state index is 0.237. The van der Waals surface area contributed by atoms with Crippen LogP contribution in [-0.4, -0.2) is 24.1 Å². The summed E-state index contributed by atoms with van der Waals surface area (Å²) < 4.78 is 4.88. The van der Waals surface area contributed by atoms with Gasteiger partial charge in [0, 0.05) is 60.2 Å². The number of hydrogen-bond acceptors (Lipinski definition) is 4. The van der Waals surface area contributed by atoms with Gasteiger partial charge in [0.05, 0.1) is 45.1 Å². The summed E-state index contributed by atoms with van der Waals surface area (Å²) in [6, 6.07) is 80.3. The molecular formula is C70H48N6. The molecule has 0 spiro atoms. The second kappa shape index (κ2) is 16.1. The third-order valence-corrected chi connectivity index (χ3v) is 16.6. The second-order valence-electron chi connectivity index (χ2n) is 21.4. The molecule has 3 heterocycles. The van der Waals surface area contributed by atoms with Gasteiger partial charge >= 0.3 is 0 Å². The topological polar surface area (TPSA) is 72.3 Å². The Bertz CT molecular complexity index is 4590. The van der Waals surface area contributed by atoms with E-state index in [2.05, 4.69) is 195 Å². The van der Waals surface area contributed by atoms with Crippen molar-refractivity contribution in [1.29, 1.82) is 5.26 Å². The largest absolute Gasteiger partial charge is 0.309 e. The van der Waals surface area contributed by atoms with E-state index in [1.165, 1.54) is 66.1 Å². The molecule has 0 radical (unpaired) electrons. The average Bonchev–Trinajstić information content (AvgIpc) is 4.23. The van der Waals surface area contributed by atoms with Gasteiger partial charge < -0.3 is 9.13 Å². The maximum absolute atomic E-state index is 10.8. The van der Waals surface area contributed by atoms with Crippen molar-refractivity contribution in [3.8, 4) is 85.0 Å². The van der Waals surface area contributed by atoms with E-state index in [-0.39, 0.29) is 10.8 Å². The first-order chi connectivity index (χ1) is 37.2. The third-order valence-electron chi connectivity index (χ3n) is 16.6. The number of hydrogen-bond donors (Lipinski definition) is 0. The monoisotopic (exact) mass is 972 g/mol. The van der Waals surface area contributed by atoms with E-state index in [4.69, 9.17) is 15.0 Å². The van der Waals surface area contributed by atoms with Gasteiger partial charge in [-0.25, -0.2) is 15.0 Å². The molecule has 13 aromatic rings. The third kappa shape index (κ3) is 6.17. The van der Waals surface area contributed by atoms with Gasteiger partial charge in [-0.2, -0.15) is 5.26 Å². The summed E-state index contributed by atoms with van der Waals surface area (Å²) in [5.41, 5.74) is 21.4. The van der Waals surface area contributed by atoms with E-state index in [1.807, 2.05) is 66.7 Å². The van der Waals surface area contributed by atoms with Crippen LogP contribution in [0.2, 0.25) is 0 Å². The molecule has 0 atom stereocenters. The number of rotatable bonds is 6. The molecule has 0 fully saturated rings. The SMILES string of the molecule is CC1(C)c2ccccc2-c2ccc3c(c21)c1ccccc1n3-c1ccc(C#N)cc1-c1ccc(-c2nc(-c3ccccc3)nc(-c3ccccc3)n2)cc1-n1c2ccccc2c2c3c(ccc21)-c1ccccc1C3(C)C. The van der Waals surface area contributed by atoms with Crippen LogP contribution in [0.3, 0.4) is 0 Å². The van der Waals surface area contributed by atoms with E-state index >= 15 is 0 Å². The van der Waals surface area contributed by atoms with E-state index in [9.17, 15) is 5.26 Å². The fourth-order valence-corrected chi connectivity index (χ4v) is 13.2. The molecule has 6 nitrogen and oxygen atoms in total. The van der Waals surface area contributed by atoms with Crippen LogP contribution in [0.5, 0.6) is 0 Å². The Hall–Kier alpha value is -9.70. The van der Waals surface area contributed by atoms with Gasteiger partial charge in [0.1, 0.15) is 0 Å². The molecule has 2 aliphatic rings. The summed E-state index contributed by atoms with van der Waals surface area (Å²) >= 11 is 0. The molecule has 10 aromatic carbocycles. The zero-order valence-electron chi connectivity index (χ0n) is 42.5. The molecule has 6 heteroatoms. The van der Waals surface area contributed by atoms with E-state index in [1.54, 1.807) is 0 Å². The van der Waals surface area contributed by atoms with Crippen molar-refractivity contribution in [2.45, 2.75) is 38.5 Å². The Kier molecular flexibility index (Phi) is 9.32. The van der Waals surface area contributed by atoms with Crippen LogP contribution in [0, 0.1) is 11.3 Å². The van der Waals surface area contributed by atoms with Crippen molar-refractivity contribution in [3.63, 3.8) is 0 Å². The lowest BCUT2D eigenvalue weighted by molar-refractivity contribution is 0.666. The zero-order chi connectivity index (χ0) is 51.0. The first-order valence-corrected chi connectivity index (χ1v) is 26.1. The second-order valence-corrected chi connectivity index (χ2v) is 21.4. The quantitative estimate of drug-likeness (QED) is 0.166. The standard InChI is InChI=1S/C70H48N6/c1-69(2)54-27-15-11-23-46(54)49-34-37-59-62(64(49)69)51-25-13-17-29-56(51)75(59)58-36-31-42(41-71)39-53(58)48-33-32-45(68-73-66(43-19-7-5-8-20-43)72-67(74-68)44-21-9-6-10-22-44)40-61(48)76-57-30-18-14-26-52(57)63-60(76)38-35-50-47-24-12-16-28-55(47)70(3,4)65(50)63/h5-40H,1-4H3. The summed E-state index contributed by atoms with van der Waals surface area (Å²) in [6.45, 7) is 9.46. The first-order valence-electron chi connectivity index (χ1n) is 26.1. The predicted octanol–water partition coefficient (Wildman–Crippen LogP) is 17.2. The summed E-state index contributed by atoms with van der Waals surface area (Å²) in [5.74, 6) is 1.75. The molecule has 2 aliphatic carbocycles. The molecule has 15 rings (SSSR count). The average molecular weight is 973 g/mol. The lowest BCUT2D eigenvalue weighted by atomic mass is 9.80. The Balaban J connectivity index is 1.05. The van der Waals surface area contributed by atoms with E-state index in [0.717, 1.165) is 61.3 Å². The molecule has 0 unspecified atom stereocenters. The molecule has 3 aromatic heterocycles. The fourth-order valence-electron chi connectivity index (χ4n) is 13.2. The van der Waals surface area contributed by atoms with Gasteiger partial charge in [0.25, 0.3) is 0 Å². The first kappa shape index (κ1) is 43.8. The molecule has 0 amide bonds. The lowest BCUT2D eigenvalue weighted by Gasteiger charge is -2.23. The van der Waals surface area contributed by atoms with Gasteiger partial charge in [-0.15, -0.1) is 0 Å². The van der Waals surface area contributed by atoms with Crippen LogP contribution in [0.4, 0.5) is 0 Å². The number of nitrogens with zero attached hydrogens (tertiary/aromatic N) is 6.